The van der Waals surface area contributed by atoms with Crippen LogP contribution in [0.15, 0.2) is 95.7 Å². The molecule has 8 aliphatic rings. The largest absolute Gasteiger partial charge is 0.478 e. The number of carbonyl (C=O) groups excluding carboxylic acids is 13. The molecule has 2 aromatic heterocycles. The van der Waals surface area contributed by atoms with Gasteiger partial charge < -0.3 is 99.6 Å². The number of carbonyl (C=O) groups is 13. The Kier molecular flexibility index (Phi) is 49.1. The number of rotatable bonds is 30. The van der Waals surface area contributed by atoms with E-state index in [2.05, 4.69) is 36.7 Å². The number of nitrogens with one attached hydrogen (secondary N) is 7. The van der Waals surface area contributed by atoms with E-state index in [4.69, 9.17) is 44.4 Å². The van der Waals surface area contributed by atoms with Crippen molar-refractivity contribution in [1.29, 1.82) is 0 Å². The van der Waals surface area contributed by atoms with Crippen molar-refractivity contribution in [1.82, 2.24) is 36.7 Å². The number of Topliss-reactive ketones (excluding diaryl/α,β-unsaturated/α-hetero) is 7. The van der Waals surface area contributed by atoms with E-state index in [0.717, 1.165) is 46.6 Å². The molecule has 34 nitrogen and oxygen atoms in total. The fraction of sp³-hybridized carbons (Fsp3) is 0.602. The monoisotopic (exact) mass is 1830 g/mol. The molecule has 7 aliphatic heterocycles. The maximum Gasteiger partial charge on any atom is 0.478 e. The number of benzene rings is 2. The van der Waals surface area contributed by atoms with Crippen molar-refractivity contribution < 1.29 is 130 Å². The third-order valence-corrected chi connectivity index (χ3v) is 23.4. The van der Waals surface area contributed by atoms with Crippen molar-refractivity contribution in [2.75, 3.05) is 0 Å². The zero-order chi connectivity index (χ0) is 93.2. The Bertz CT molecular complexity index is 3920. The van der Waals surface area contributed by atoms with Gasteiger partial charge in [0.25, 0.3) is 0 Å². The van der Waals surface area contributed by atoms with E-state index in [9.17, 15) is 97.5 Å². The molecule has 692 valence electrons. The van der Waals surface area contributed by atoms with Crippen LogP contribution in [0.1, 0.15) is 224 Å². The van der Waals surface area contributed by atoms with Crippen LogP contribution in [-0.4, -0.2) is 245 Å². The van der Waals surface area contributed by atoms with E-state index in [0.29, 0.717) is 135 Å². The van der Waals surface area contributed by atoms with E-state index < -0.39 is 73.6 Å². The van der Waals surface area contributed by atoms with E-state index in [1.54, 1.807) is 0 Å². The summed E-state index contributed by atoms with van der Waals surface area (Å²) in [7, 11) is -7.09. The first kappa shape index (κ1) is 108. The Hall–Kier alpha value is -7.51. The molecule has 127 heavy (non-hydrogen) atoms. The van der Waals surface area contributed by atoms with Crippen molar-refractivity contribution in [3.63, 3.8) is 0 Å². The van der Waals surface area contributed by atoms with Crippen LogP contribution in [0.3, 0.4) is 0 Å². The molecule has 7 saturated heterocycles. The summed E-state index contributed by atoms with van der Waals surface area (Å²) in [6, 6.07) is 26.5. The Balaban J connectivity index is 0.000000230. The van der Waals surface area contributed by atoms with Gasteiger partial charge in [0, 0.05) is 110 Å². The average Bonchev–Trinajstić information content (AvgIpc) is 1.74. The van der Waals surface area contributed by atoms with E-state index in [1.807, 2.05) is 95.7 Å². The van der Waals surface area contributed by atoms with Gasteiger partial charge in [-0.1, -0.05) is 72.8 Å². The minimum atomic E-state index is -1.05. The maximum absolute atomic E-state index is 12.0. The third kappa shape index (κ3) is 44.3. The number of hydrogen-bond donors (Lipinski definition) is 14. The number of thiophene rings is 2. The van der Waals surface area contributed by atoms with Crippen molar-refractivity contribution in [3.8, 4) is 0 Å². The maximum atomic E-state index is 12.0. The molecule has 1 saturated carbocycles. The molecule has 14 N–H and O–H groups in total. The van der Waals surface area contributed by atoms with Gasteiger partial charge in [-0.15, -0.1) is 22.7 Å². The number of ketones is 7. The summed E-state index contributed by atoms with van der Waals surface area (Å²) in [6.45, 7) is 11.9. The van der Waals surface area contributed by atoms with Gasteiger partial charge in [0.05, 0.1) is 67.3 Å². The smallest absolute Gasteiger partial charge is 0.426 e. The predicted molar refractivity (Wildman–Crippen MR) is 481 cm³/mol. The zero-order valence-corrected chi connectivity index (χ0v) is 75.9. The van der Waals surface area contributed by atoms with Crippen molar-refractivity contribution in [2.24, 2.45) is 5.92 Å². The Morgan fingerprint density at radius 2 is 0.528 bits per heavy atom. The minimum Gasteiger partial charge on any atom is -0.426 e. The minimum absolute atomic E-state index is 0.0164. The lowest BCUT2D eigenvalue weighted by molar-refractivity contribution is -0.123. The first-order valence-electron chi connectivity index (χ1n) is 43.4. The summed E-state index contributed by atoms with van der Waals surface area (Å²) in [5.41, 5.74) is 1.85. The molecular weight excluding hydrogens is 1700 g/mol. The van der Waals surface area contributed by atoms with Gasteiger partial charge in [-0.05, 0) is 197 Å². The second-order valence-electron chi connectivity index (χ2n) is 33.4. The lowest BCUT2D eigenvalue weighted by atomic mass is 9.72. The van der Waals surface area contributed by atoms with Gasteiger partial charge in [-0.3, -0.25) is 62.3 Å². The van der Waals surface area contributed by atoms with Gasteiger partial charge in [-0.25, -0.2) is 4.84 Å². The van der Waals surface area contributed by atoms with Crippen LogP contribution < -0.4 is 36.7 Å². The number of amides is 6. The van der Waals surface area contributed by atoms with E-state index in [-0.39, 0.29) is 155 Å². The molecular formula is C83H123B7ClN7O27S2. The zero-order valence-electron chi connectivity index (χ0n) is 73.5. The molecule has 8 fully saturated rings. The molecule has 12 rings (SSSR count). The molecule has 6 unspecified atom stereocenters. The molecule has 2 aromatic carbocycles. The van der Waals surface area contributed by atoms with Crippen molar-refractivity contribution in [3.05, 3.63) is 117 Å². The number of hydrogen-bond acceptors (Lipinski definition) is 30. The van der Waals surface area contributed by atoms with Crippen LogP contribution in [-0.2, 0) is 121 Å². The van der Waals surface area contributed by atoms with Crippen LogP contribution in [0.2, 0.25) is 0 Å². The van der Waals surface area contributed by atoms with Gasteiger partial charge in [-0.2, -0.15) is 0 Å². The second-order valence-corrected chi connectivity index (χ2v) is 35.7. The molecule has 0 bridgehead atoms. The molecule has 14 atom stereocenters. The lowest BCUT2D eigenvalue weighted by Gasteiger charge is -2.31. The fourth-order valence-electron chi connectivity index (χ4n) is 15.0. The first-order valence-corrected chi connectivity index (χ1v) is 45.5. The highest BCUT2D eigenvalue weighted by molar-refractivity contribution is 7.10. The van der Waals surface area contributed by atoms with Crippen LogP contribution in [0.25, 0.3) is 0 Å². The molecule has 4 aromatic rings. The Morgan fingerprint density at radius 1 is 0.299 bits per heavy atom. The quantitative estimate of drug-likeness (QED) is 0.0261. The highest BCUT2D eigenvalue weighted by Gasteiger charge is 2.43. The number of halogens is 1. The summed E-state index contributed by atoms with van der Waals surface area (Å²) in [6.07, 6.45) is 13.0. The molecule has 44 heteroatoms. The second kappa shape index (κ2) is 57.6. The normalized spacial score (nSPS) is 24.3. The predicted octanol–water partition coefficient (Wildman–Crippen LogP) is 3.69. The molecule has 9 heterocycles. The van der Waals surface area contributed by atoms with E-state index >= 15 is 0 Å². The molecule has 6 amide bonds. The van der Waals surface area contributed by atoms with Gasteiger partial charge in [0.15, 0.2) is 0 Å². The average molecular weight is 1830 g/mol. The standard InChI is InChI=1S/2C15H20BNO4.2C13H18BNO4S.C11H18BNO4.C9H16BNO4.C7H13BClNO3/c2*1-11(18)9-13-7-8-14(16(20)21-13)17-15(19)10-12-5-3-2-4-6-12;2*1-9(16)7-10-4-5-12(14(18)19-10)15-13(17)8-11-3-2-6-20-11;1-7(14)6-9-4-5-10(12(16)17-9)13-11(15)8-2-3-8;1-6(12)5-8-3-4-9(10(14)15-8)11-7(2)13;1-5(11)4-6-2-3-7(10-9)8(12)13-6/h2*2-6,13-14,20H,7-10H2,1H3,(H,17,19);2*2-3,6,10,12,18H,4-5,7-8H2,1H3,(H,15,17);8-10,16H,2-6H2,1H3,(H,13,15);8-9,14H,3-5H2,1-2H3,(H,11,13);6-7,10,12H,2-4H2,1H3/t2*13?,14-;10?,12-;10-,12-;9?,10-;8?,9-;6?,7-/m0000000/s1. The molecule has 0 spiro atoms. The highest BCUT2D eigenvalue weighted by Crippen LogP contribution is 2.31. The SMILES string of the molecule is CC(=O)CC1CC[C@H](NC(=O)C2CC2)B(O)O1.CC(=O)CC1CC[C@H](NC(=O)Cc2ccccc2)B(O)O1.CC(=O)CC1CC[C@H](NC(=O)Cc2ccccc2)B(O)O1.CC(=O)CC1CC[C@H](NC(=O)Cc2cccs2)B(O)O1.CC(=O)CC1CC[C@H](NC(C)=O)B(O)O1.CC(=O)CC1CC[C@H](NCl)B(O)O1.CC(=O)C[C@@H]1CC[C@H](NC(=O)Cc2cccs2)B(O)O1. The summed E-state index contributed by atoms with van der Waals surface area (Å²) in [5, 5.41) is 88.7. The Labute approximate surface area is 758 Å². The summed E-state index contributed by atoms with van der Waals surface area (Å²) in [4.78, 5) is 151. The van der Waals surface area contributed by atoms with Crippen molar-refractivity contribution >= 4 is 160 Å². The third-order valence-electron chi connectivity index (χ3n) is 21.4. The van der Waals surface area contributed by atoms with E-state index in [1.165, 1.54) is 78.1 Å². The summed E-state index contributed by atoms with van der Waals surface area (Å²) >= 11 is 8.43. The van der Waals surface area contributed by atoms with Crippen LogP contribution in [0.5, 0.6) is 0 Å². The molecule has 0 radical (unpaired) electrons. The van der Waals surface area contributed by atoms with Crippen LogP contribution in [0, 0.1) is 5.92 Å². The van der Waals surface area contributed by atoms with Gasteiger partial charge in [0.2, 0.25) is 35.4 Å². The van der Waals surface area contributed by atoms with Gasteiger partial charge in [0.1, 0.15) is 40.5 Å². The fourth-order valence-corrected chi connectivity index (χ4v) is 16.6. The van der Waals surface area contributed by atoms with Crippen LogP contribution in [0.4, 0.5) is 0 Å². The molecule has 1 aliphatic carbocycles. The van der Waals surface area contributed by atoms with Crippen molar-refractivity contribution in [2.45, 2.75) is 313 Å². The lowest BCUT2D eigenvalue weighted by Crippen LogP contribution is -2.53. The van der Waals surface area contributed by atoms with Gasteiger partial charge >= 0.3 is 49.8 Å². The van der Waals surface area contributed by atoms with Crippen LogP contribution >= 0.6 is 34.5 Å². The summed E-state index contributed by atoms with van der Waals surface area (Å²) < 4.78 is 37.2. The Morgan fingerprint density at radius 3 is 0.732 bits per heavy atom. The topological polar surface area (TPSA) is 512 Å². The highest BCUT2D eigenvalue weighted by atomic mass is 35.5. The first-order chi connectivity index (χ1) is 60.3. The summed E-state index contributed by atoms with van der Waals surface area (Å²) in [5.74, 6) is -2.74.